The molecule has 1 saturated heterocycles. The summed E-state index contributed by atoms with van der Waals surface area (Å²) < 4.78 is 37.3. The number of hydrogen-bond donors (Lipinski definition) is 0. The quantitative estimate of drug-likeness (QED) is 0.650. The molecule has 0 spiro atoms. The van der Waals surface area contributed by atoms with Crippen LogP contribution in [0.15, 0.2) is 54.9 Å². The van der Waals surface area contributed by atoms with Crippen molar-refractivity contribution in [3.63, 3.8) is 0 Å². The molecule has 4 rings (SSSR count). The number of aromatic nitrogens is 2. The molecule has 1 aromatic heterocycles. The molecule has 150 valence electrons. The molecule has 2 aromatic carbocycles. The van der Waals surface area contributed by atoms with E-state index < -0.39 is 11.6 Å². The zero-order valence-electron chi connectivity index (χ0n) is 15.9. The van der Waals surface area contributed by atoms with Crippen LogP contribution in [0.3, 0.4) is 0 Å². The molecule has 0 bridgehead atoms. The highest BCUT2D eigenvalue weighted by molar-refractivity contribution is 5.53. The molecule has 6 nitrogen and oxygen atoms in total. The first-order valence-corrected chi connectivity index (χ1v) is 9.21. The summed E-state index contributed by atoms with van der Waals surface area (Å²) >= 11 is 0. The molecule has 0 radical (unpaired) electrons. The van der Waals surface area contributed by atoms with Gasteiger partial charge in [0.15, 0.2) is 11.6 Å². The molecule has 1 fully saturated rings. The van der Waals surface area contributed by atoms with Crippen molar-refractivity contribution in [2.75, 3.05) is 43.1 Å². The number of anilines is 2. The van der Waals surface area contributed by atoms with Gasteiger partial charge in [0.2, 0.25) is 5.88 Å². The Labute approximate surface area is 167 Å². The van der Waals surface area contributed by atoms with Crippen molar-refractivity contribution in [2.24, 2.45) is 0 Å². The lowest BCUT2D eigenvalue weighted by atomic mass is 10.2. The number of methoxy groups -OCH3 is 1. The van der Waals surface area contributed by atoms with Gasteiger partial charge in [-0.05, 0) is 24.3 Å². The fourth-order valence-corrected chi connectivity index (χ4v) is 3.22. The first-order valence-electron chi connectivity index (χ1n) is 9.21. The molecule has 1 aliphatic rings. The molecule has 0 N–H and O–H groups in total. The van der Waals surface area contributed by atoms with Gasteiger partial charge < -0.3 is 19.3 Å². The molecule has 1 aliphatic heterocycles. The van der Waals surface area contributed by atoms with Crippen LogP contribution in [0.5, 0.6) is 17.4 Å². The average Bonchev–Trinajstić information content (AvgIpc) is 2.77. The van der Waals surface area contributed by atoms with E-state index in [0.717, 1.165) is 55.6 Å². The van der Waals surface area contributed by atoms with Crippen LogP contribution in [0.2, 0.25) is 0 Å². The monoisotopic (exact) mass is 398 g/mol. The summed E-state index contributed by atoms with van der Waals surface area (Å²) in [5.41, 5.74) is 1.12. The molecular formula is C21H20F2N4O2. The Kier molecular flexibility index (Phi) is 5.41. The third-order valence-electron chi connectivity index (χ3n) is 4.76. The number of piperazine rings is 1. The summed E-state index contributed by atoms with van der Waals surface area (Å²) in [6.45, 7) is 3.21. The number of ether oxygens (including phenoxy) is 2. The van der Waals surface area contributed by atoms with Crippen LogP contribution in [0.1, 0.15) is 0 Å². The molecule has 0 unspecified atom stereocenters. The predicted octanol–water partition coefficient (Wildman–Crippen LogP) is 3.88. The third kappa shape index (κ3) is 4.37. The van der Waals surface area contributed by atoms with E-state index >= 15 is 0 Å². The van der Waals surface area contributed by atoms with Crippen LogP contribution in [-0.4, -0.2) is 43.3 Å². The normalized spacial score (nSPS) is 14.0. The Morgan fingerprint density at radius 1 is 0.828 bits per heavy atom. The second-order valence-corrected chi connectivity index (χ2v) is 6.57. The fraction of sp³-hybridized carbons (Fsp3) is 0.238. The minimum absolute atomic E-state index is 0.177. The summed E-state index contributed by atoms with van der Waals surface area (Å²) in [4.78, 5) is 12.8. The Bertz CT molecular complexity index is 994. The van der Waals surface area contributed by atoms with Crippen molar-refractivity contribution in [3.05, 3.63) is 66.5 Å². The van der Waals surface area contributed by atoms with Crippen LogP contribution < -0.4 is 19.3 Å². The maximum Gasteiger partial charge on any atom is 0.224 e. The van der Waals surface area contributed by atoms with E-state index in [1.54, 1.807) is 13.2 Å². The smallest absolute Gasteiger partial charge is 0.224 e. The Morgan fingerprint density at radius 3 is 2.38 bits per heavy atom. The zero-order valence-corrected chi connectivity index (χ0v) is 15.9. The van der Waals surface area contributed by atoms with Gasteiger partial charge in [-0.3, -0.25) is 0 Å². The molecule has 2 heterocycles. The molecule has 0 aliphatic carbocycles. The molecular weight excluding hydrogens is 378 g/mol. The van der Waals surface area contributed by atoms with Crippen LogP contribution in [0.4, 0.5) is 20.3 Å². The van der Waals surface area contributed by atoms with Crippen molar-refractivity contribution in [3.8, 4) is 17.4 Å². The van der Waals surface area contributed by atoms with Crippen LogP contribution in [0.25, 0.3) is 0 Å². The highest BCUT2D eigenvalue weighted by Gasteiger charge is 2.19. The molecule has 0 amide bonds. The molecule has 3 aromatic rings. The van der Waals surface area contributed by atoms with Crippen molar-refractivity contribution in [2.45, 2.75) is 0 Å². The van der Waals surface area contributed by atoms with Gasteiger partial charge in [0.25, 0.3) is 0 Å². The minimum atomic E-state index is -0.967. The van der Waals surface area contributed by atoms with Gasteiger partial charge >= 0.3 is 0 Å². The summed E-state index contributed by atoms with van der Waals surface area (Å²) in [7, 11) is 1.66. The summed E-state index contributed by atoms with van der Waals surface area (Å²) in [5.74, 6) is 0.121. The number of hydrogen-bond acceptors (Lipinski definition) is 6. The number of nitrogens with zero attached hydrogens (tertiary/aromatic N) is 4. The summed E-state index contributed by atoms with van der Waals surface area (Å²) in [5, 5.41) is 0. The SMILES string of the molecule is COc1cccc(N2CCN(c3cc(Oc4ccc(F)c(F)c4)ncn3)CC2)c1. The maximum atomic E-state index is 13.4. The first-order chi connectivity index (χ1) is 14.1. The highest BCUT2D eigenvalue weighted by Crippen LogP contribution is 2.26. The lowest BCUT2D eigenvalue weighted by Crippen LogP contribution is -2.46. The van der Waals surface area contributed by atoms with E-state index in [1.165, 1.54) is 12.4 Å². The maximum absolute atomic E-state index is 13.4. The zero-order chi connectivity index (χ0) is 20.2. The van der Waals surface area contributed by atoms with Gasteiger partial charge in [-0.1, -0.05) is 6.07 Å². The second-order valence-electron chi connectivity index (χ2n) is 6.57. The van der Waals surface area contributed by atoms with Gasteiger partial charge in [-0.2, -0.15) is 0 Å². The minimum Gasteiger partial charge on any atom is -0.497 e. The van der Waals surface area contributed by atoms with Gasteiger partial charge in [-0.15, -0.1) is 0 Å². The summed E-state index contributed by atoms with van der Waals surface area (Å²) in [6.07, 6.45) is 1.40. The molecule has 0 atom stereocenters. The van der Waals surface area contributed by atoms with E-state index in [0.29, 0.717) is 0 Å². The predicted molar refractivity (Wildman–Crippen MR) is 106 cm³/mol. The standard InChI is InChI=1S/C21H20F2N4O2/c1-28-16-4-2-3-15(11-16)26-7-9-27(10-8-26)20-13-21(25-14-24-20)29-17-5-6-18(22)19(23)12-17/h2-6,11-14H,7-10H2,1H3. The summed E-state index contributed by atoms with van der Waals surface area (Å²) in [6, 6.07) is 13.1. The van der Waals surface area contributed by atoms with Crippen molar-refractivity contribution < 1.29 is 18.3 Å². The van der Waals surface area contributed by atoms with Crippen LogP contribution in [-0.2, 0) is 0 Å². The second kappa shape index (κ2) is 8.30. The van der Waals surface area contributed by atoms with E-state index in [1.807, 2.05) is 18.2 Å². The number of rotatable bonds is 5. The van der Waals surface area contributed by atoms with Crippen molar-refractivity contribution in [1.82, 2.24) is 9.97 Å². The Morgan fingerprint density at radius 2 is 1.62 bits per heavy atom. The Balaban J connectivity index is 1.42. The highest BCUT2D eigenvalue weighted by atomic mass is 19.2. The fourth-order valence-electron chi connectivity index (χ4n) is 3.22. The molecule has 8 heteroatoms. The number of benzene rings is 2. The van der Waals surface area contributed by atoms with Gasteiger partial charge in [0.1, 0.15) is 23.6 Å². The van der Waals surface area contributed by atoms with E-state index in [-0.39, 0.29) is 11.6 Å². The van der Waals surface area contributed by atoms with Gasteiger partial charge in [0.05, 0.1) is 7.11 Å². The van der Waals surface area contributed by atoms with Crippen LogP contribution >= 0.6 is 0 Å². The van der Waals surface area contributed by atoms with Crippen molar-refractivity contribution >= 4 is 11.5 Å². The van der Waals surface area contributed by atoms with Crippen LogP contribution in [0, 0.1) is 11.6 Å². The average molecular weight is 398 g/mol. The van der Waals surface area contributed by atoms with Gasteiger partial charge in [0, 0.05) is 50.1 Å². The van der Waals surface area contributed by atoms with E-state index in [9.17, 15) is 8.78 Å². The molecule has 29 heavy (non-hydrogen) atoms. The van der Waals surface area contributed by atoms with Gasteiger partial charge in [-0.25, -0.2) is 18.7 Å². The molecule has 0 saturated carbocycles. The first kappa shape index (κ1) is 18.9. The largest absolute Gasteiger partial charge is 0.497 e. The van der Waals surface area contributed by atoms with Crippen molar-refractivity contribution in [1.29, 1.82) is 0 Å². The topological polar surface area (TPSA) is 50.7 Å². The lowest BCUT2D eigenvalue weighted by molar-refractivity contribution is 0.414. The van der Waals surface area contributed by atoms with E-state index in [4.69, 9.17) is 9.47 Å². The Hall–Kier alpha value is -3.42. The van der Waals surface area contributed by atoms with E-state index in [2.05, 4.69) is 25.8 Å². The lowest BCUT2D eigenvalue weighted by Gasteiger charge is -2.36. The number of halogens is 2. The third-order valence-corrected chi connectivity index (χ3v) is 4.76.